The quantitative estimate of drug-likeness (QED) is 0.0485. The molecule has 0 spiro atoms. The number of alkyl halides is 2. The van der Waals surface area contributed by atoms with E-state index in [1.165, 1.54) is 28.5 Å². The van der Waals surface area contributed by atoms with Crippen molar-refractivity contribution >= 4 is 89.1 Å². The maximum absolute atomic E-state index is 12.7. The molecule has 1 aliphatic rings. The third-order valence-electron chi connectivity index (χ3n) is 5.97. The van der Waals surface area contributed by atoms with Gasteiger partial charge in [-0.2, -0.15) is 0 Å². The van der Waals surface area contributed by atoms with Crippen molar-refractivity contribution in [3.05, 3.63) is 0 Å². The molecule has 2 amide bonds. The standard InChI is InChI=1S/C28H43Br2NO10S2/c1-24(2,3)40-22(36)27(8,29)16-25(4,5)20(34)38-12-14-42-43-15-13-39-21(35)26(6,7)17-28(9,30)23(37)41-31-18(32)10-11-19(31)33/h10-17H2,1-9H3. The lowest BCUT2D eigenvalue weighted by atomic mass is 9.83. The summed E-state index contributed by atoms with van der Waals surface area (Å²) in [4.78, 5) is 79.0. The molecule has 1 rings (SSSR count). The highest BCUT2D eigenvalue weighted by atomic mass is 79.9. The summed E-state index contributed by atoms with van der Waals surface area (Å²) in [6, 6.07) is 0. The molecule has 0 bridgehead atoms. The number of nitrogens with zero attached hydrogens (tertiary/aromatic N) is 1. The second kappa shape index (κ2) is 15.8. The van der Waals surface area contributed by atoms with Gasteiger partial charge >= 0.3 is 23.9 Å². The molecular formula is C28H43Br2NO10S2. The van der Waals surface area contributed by atoms with Crippen LogP contribution in [0.15, 0.2) is 0 Å². The van der Waals surface area contributed by atoms with Crippen LogP contribution in [0.4, 0.5) is 0 Å². The molecule has 15 heteroatoms. The molecule has 1 fully saturated rings. The Balaban J connectivity index is 2.37. The van der Waals surface area contributed by atoms with Gasteiger partial charge in [-0.25, -0.2) is 4.79 Å². The first kappa shape index (κ1) is 39.7. The van der Waals surface area contributed by atoms with E-state index in [1.54, 1.807) is 55.4 Å². The van der Waals surface area contributed by atoms with E-state index >= 15 is 0 Å². The van der Waals surface area contributed by atoms with Gasteiger partial charge < -0.3 is 19.0 Å². The van der Waals surface area contributed by atoms with Crippen LogP contribution in [0.3, 0.4) is 0 Å². The molecule has 0 aromatic carbocycles. The summed E-state index contributed by atoms with van der Waals surface area (Å²) in [5.74, 6) is -2.45. The van der Waals surface area contributed by atoms with Gasteiger partial charge in [-0.1, -0.05) is 53.4 Å². The lowest BCUT2D eigenvalue weighted by Crippen LogP contribution is -2.43. The summed E-state index contributed by atoms with van der Waals surface area (Å²) in [5, 5.41) is 0.468. The number of ether oxygens (including phenoxy) is 3. The molecule has 0 N–H and O–H groups in total. The minimum Gasteiger partial charge on any atom is -0.464 e. The molecule has 43 heavy (non-hydrogen) atoms. The molecule has 0 aromatic rings. The van der Waals surface area contributed by atoms with E-state index in [4.69, 9.17) is 19.0 Å². The second-order valence-electron chi connectivity index (χ2n) is 12.9. The van der Waals surface area contributed by atoms with Crippen LogP contribution < -0.4 is 0 Å². The molecule has 246 valence electrons. The van der Waals surface area contributed by atoms with Gasteiger partial charge in [0, 0.05) is 24.3 Å². The smallest absolute Gasteiger partial charge is 0.349 e. The van der Waals surface area contributed by atoms with Crippen LogP contribution in [0.5, 0.6) is 0 Å². The van der Waals surface area contributed by atoms with Gasteiger partial charge in [0.1, 0.15) is 27.5 Å². The maximum Gasteiger partial charge on any atom is 0.349 e. The molecule has 0 saturated carbocycles. The summed E-state index contributed by atoms with van der Waals surface area (Å²) in [7, 11) is 2.90. The Bertz CT molecular complexity index is 1050. The molecule has 0 aromatic heterocycles. The van der Waals surface area contributed by atoms with Gasteiger partial charge in [0.2, 0.25) is 0 Å². The summed E-state index contributed by atoms with van der Waals surface area (Å²) < 4.78 is 13.9. The van der Waals surface area contributed by atoms with E-state index in [0.29, 0.717) is 16.6 Å². The predicted molar refractivity (Wildman–Crippen MR) is 171 cm³/mol. The number of halogens is 2. The fourth-order valence-electron chi connectivity index (χ4n) is 4.01. The van der Waals surface area contributed by atoms with Crippen molar-refractivity contribution in [3.63, 3.8) is 0 Å². The first-order valence-corrected chi connectivity index (χ1v) is 17.8. The van der Waals surface area contributed by atoms with E-state index in [2.05, 4.69) is 31.9 Å². The molecule has 2 unspecified atom stereocenters. The fourth-order valence-corrected chi connectivity index (χ4v) is 7.22. The Labute approximate surface area is 278 Å². The first-order chi connectivity index (χ1) is 19.4. The summed E-state index contributed by atoms with van der Waals surface area (Å²) in [5.41, 5.74) is -2.66. The van der Waals surface area contributed by atoms with E-state index in [1.807, 2.05) is 0 Å². The van der Waals surface area contributed by atoms with Crippen LogP contribution in [-0.4, -0.2) is 79.7 Å². The topological polar surface area (TPSA) is 143 Å². The van der Waals surface area contributed by atoms with Gasteiger partial charge in [0.25, 0.3) is 11.8 Å². The Morgan fingerprint density at radius 2 is 1.05 bits per heavy atom. The third kappa shape index (κ3) is 13.3. The minimum atomic E-state index is -1.35. The zero-order chi connectivity index (χ0) is 33.4. The summed E-state index contributed by atoms with van der Waals surface area (Å²) in [6.45, 7) is 15.5. The largest absolute Gasteiger partial charge is 0.464 e. The van der Waals surface area contributed by atoms with Crippen molar-refractivity contribution in [2.45, 2.75) is 102 Å². The lowest BCUT2D eigenvalue weighted by Gasteiger charge is -2.32. The Morgan fingerprint density at radius 3 is 1.42 bits per heavy atom. The first-order valence-electron chi connectivity index (χ1n) is 13.7. The predicted octanol–water partition coefficient (Wildman–Crippen LogP) is 5.54. The number of carbonyl (C=O) groups is 6. The Kier molecular flexibility index (Phi) is 14.6. The van der Waals surface area contributed by atoms with Crippen LogP contribution in [0.1, 0.15) is 88.0 Å². The Morgan fingerprint density at radius 1 is 0.674 bits per heavy atom. The molecule has 1 saturated heterocycles. The van der Waals surface area contributed by atoms with Crippen molar-refractivity contribution in [1.82, 2.24) is 5.06 Å². The third-order valence-corrected chi connectivity index (χ3v) is 9.51. The lowest BCUT2D eigenvalue weighted by molar-refractivity contribution is -0.199. The molecule has 1 aliphatic heterocycles. The average Bonchev–Trinajstić information content (AvgIpc) is 3.15. The van der Waals surface area contributed by atoms with E-state index in [-0.39, 0.29) is 38.9 Å². The van der Waals surface area contributed by atoms with Crippen LogP contribution in [0, 0.1) is 10.8 Å². The number of hydrogen-bond acceptors (Lipinski definition) is 12. The zero-order valence-corrected chi connectivity index (χ0v) is 31.1. The number of imide groups is 1. The normalized spacial score (nSPS) is 17.1. The van der Waals surface area contributed by atoms with Gasteiger partial charge in [-0.3, -0.25) is 24.0 Å². The van der Waals surface area contributed by atoms with Crippen molar-refractivity contribution < 1.29 is 47.8 Å². The van der Waals surface area contributed by atoms with E-state index < -0.39 is 60.8 Å². The number of rotatable bonds is 16. The van der Waals surface area contributed by atoms with E-state index in [0.717, 1.165) is 0 Å². The Hall–Kier alpha value is -1.32. The van der Waals surface area contributed by atoms with Gasteiger partial charge in [0.15, 0.2) is 0 Å². The van der Waals surface area contributed by atoms with Gasteiger partial charge in [-0.05, 0) is 75.2 Å². The zero-order valence-electron chi connectivity index (χ0n) is 26.3. The number of hydroxylamine groups is 2. The highest BCUT2D eigenvalue weighted by Gasteiger charge is 2.46. The average molecular weight is 778 g/mol. The monoisotopic (exact) mass is 775 g/mol. The fraction of sp³-hybridized carbons (Fsp3) is 0.786. The van der Waals surface area contributed by atoms with Crippen molar-refractivity contribution in [3.8, 4) is 0 Å². The summed E-state index contributed by atoms with van der Waals surface area (Å²) in [6.07, 6.45) is 0.141. The van der Waals surface area contributed by atoms with Gasteiger partial charge in [0.05, 0.1) is 10.8 Å². The van der Waals surface area contributed by atoms with Crippen molar-refractivity contribution in [2.75, 3.05) is 24.7 Å². The molecule has 0 aliphatic carbocycles. The maximum atomic E-state index is 12.7. The van der Waals surface area contributed by atoms with Crippen LogP contribution in [0.25, 0.3) is 0 Å². The number of hydrogen-bond donors (Lipinski definition) is 0. The molecule has 0 radical (unpaired) electrons. The molecule has 1 heterocycles. The van der Waals surface area contributed by atoms with E-state index in [9.17, 15) is 28.8 Å². The van der Waals surface area contributed by atoms with Crippen molar-refractivity contribution in [1.29, 1.82) is 0 Å². The van der Waals surface area contributed by atoms with Crippen LogP contribution in [0.2, 0.25) is 0 Å². The SMILES string of the molecule is CC(C)(C)OC(=O)C(C)(Br)CC(C)(C)C(=O)OCCSSCCOC(=O)C(C)(C)CC(C)(Br)C(=O)ON1C(=O)CCC1=O. The molecular weight excluding hydrogens is 734 g/mol. The van der Waals surface area contributed by atoms with Crippen LogP contribution in [-0.2, 0) is 47.8 Å². The molecule has 11 nitrogen and oxygen atoms in total. The highest BCUT2D eigenvalue weighted by Crippen LogP contribution is 2.38. The number of esters is 3. The highest BCUT2D eigenvalue weighted by molar-refractivity contribution is 9.10. The second-order valence-corrected chi connectivity index (χ2v) is 19.1. The number of carbonyl (C=O) groups excluding carboxylic acids is 6. The molecule has 2 atom stereocenters. The minimum absolute atomic E-state index is 0.0104. The van der Waals surface area contributed by atoms with Gasteiger partial charge in [-0.15, -0.1) is 5.06 Å². The number of amides is 2. The van der Waals surface area contributed by atoms with Crippen molar-refractivity contribution in [2.24, 2.45) is 10.8 Å². The summed E-state index contributed by atoms with van der Waals surface area (Å²) >= 11 is 6.68. The van der Waals surface area contributed by atoms with Crippen LogP contribution >= 0.6 is 53.4 Å².